The van der Waals surface area contributed by atoms with Crippen LogP contribution in [0.2, 0.25) is 0 Å². The fourth-order valence-corrected chi connectivity index (χ4v) is 8.77. The van der Waals surface area contributed by atoms with Gasteiger partial charge in [0, 0.05) is 44.1 Å². The van der Waals surface area contributed by atoms with E-state index in [0.29, 0.717) is 0 Å². The Balaban J connectivity index is 0.927. The van der Waals surface area contributed by atoms with E-state index in [2.05, 4.69) is 185 Å². The second-order valence-electron chi connectivity index (χ2n) is 14.8. The van der Waals surface area contributed by atoms with Crippen LogP contribution < -0.4 is 10.6 Å². The molecule has 6 nitrogen and oxygen atoms in total. The largest absolute Gasteiger partial charge is 0.456 e. The van der Waals surface area contributed by atoms with Crippen LogP contribution in [0.25, 0.3) is 82.5 Å². The highest BCUT2D eigenvalue weighted by atomic mass is 16.3. The molecule has 0 fully saturated rings. The SMILES string of the molecule is c1ccc(C2N=C(c3cccc4c3oc3cc(-c5ccc6c(c5)oc5cc(-n7c8ccccc8c8ccccc87)ccc56)ccc34)NC(c3ccccc3)N2)cc1. The van der Waals surface area contributed by atoms with Gasteiger partial charge in [0.15, 0.2) is 0 Å². The number of para-hydroxylation sites is 3. The van der Waals surface area contributed by atoms with Gasteiger partial charge >= 0.3 is 0 Å². The minimum atomic E-state index is -0.229. The zero-order valence-electron chi connectivity index (χ0n) is 30.7. The predicted octanol–water partition coefficient (Wildman–Crippen LogP) is 12.6. The number of nitrogens with zero attached hydrogens (tertiary/aromatic N) is 2. The van der Waals surface area contributed by atoms with E-state index in [9.17, 15) is 0 Å². The highest BCUT2D eigenvalue weighted by molar-refractivity contribution is 6.15. The minimum absolute atomic E-state index is 0.136. The Kier molecular flexibility index (Phi) is 7.03. The Morgan fingerprint density at radius 3 is 1.72 bits per heavy atom. The van der Waals surface area contributed by atoms with Crippen molar-refractivity contribution >= 4 is 71.5 Å². The van der Waals surface area contributed by atoms with Gasteiger partial charge in [0.25, 0.3) is 0 Å². The van der Waals surface area contributed by atoms with Crippen molar-refractivity contribution in [3.63, 3.8) is 0 Å². The van der Waals surface area contributed by atoms with E-state index < -0.39 is 0 Å². The minimum Gasteiger partial charge on any atom is -0.456 e. The van der Waals surface area contributed by atoms with E-state index in [1.165, 1.54) is 21.8 Å². The maximum atomic E-state index is 6.76. The first kappa shape index (κ1) is 31.9. The molecule has 2 atom stereocenters. The van der Waals surface area contributed by atoms with Crippen LogP contribution in [-0.2, 0) is 0 Å². The fraction of sp³-hybridized carbons (Fsp3) is 0.0392. The van der Waals surface area contributed by atoms with Gasteiger partial charge in [-0.3, -0.25) is 5.32 Å². The van der Waals surface area contributed by atoms with Crippen molar-refractivity contribution < 1.29 is 8.83 Å². The molecule has 270 valence electrons. The molecule has 0 amide bonds. The number of aromatic nitrogens is 1. The summed E-state index contributed by atoms with van der Waals surface area (Å²) >= 11 is 0. The molecule has 0 radical (unpaired) electrons. The highest BCUT2D eigenvalue weighted by Gasteiger charge is 2.27. The summed E-state index contributed by atoms with van der Waals surface area (Å²) < 4.78 is 15.7. The maximum Gasteiger partial charge on any atom is 0.146 e. The molecule has 4 heterocycles. The van der Waals surface area contributed by atoms with Gasteiger partial charge < -0.3 is 18.7 Å². The summed E-state index contributed by atoms with van der Waals surface area (Å²) in [5.74, 6) is 0.790. The van der Waals surface area contributed by atoms with E-state index in [0.717, 1.165) is 83.2 Å². The highest BCUT2D eigenvalue weighted by Crippen LogP contribution is 2.39. The molecule has 6 heteroatoms. The first-order valence-electron chi connectivity index (χ1n) is 19.3. The van der Waals surface area contributed by atoms with Crippen molar-refractivity contribution in [2.24, 2.45) is 4.99 Å². The molecule has 11 aromatic rings. The van der Waals surface area contributed by atoms with Crippen LogP contribution in [0.4, 0.5) is 0 Å². The van der Waals surface area contributed by atoms with Crippen molar-refractivity contribution in [2.45, 2.75) is 12.3 Å². The van der Waals surface area contributed by atoms with Crippen LogP contribution in [0.15, 0.2) is 196 Å². The monoisotopic (exact) mass is 734 g/mol. The number of hydrogen-bond donors (Lipinski definition) is 2. The van der Waals surface area contributed by atoms with Gasteiger partial charge in [-0.2, -0.15) is 0 Å². The van der Waals surface area contributed by atoms with Crippen LogP contribution in [0.3, 0.4) is 0 Å². The Hall–Kier alpha value is -7.41. The Morgan fingerprint density at radius 1 is 0.456 bits per heavy atom. The summed E-state index contributed by atoms with van der Waals surface area (Å²) in [5, 5.41) is 14.2. The van der Waals surface area contributed by atoms with Crippen LogP contribution in [0.1, 0.15) is 29.0 Å². The molecule has 2 N–H and O–H groups in total. The molecule has 57 heavy (non-hydrogen) atoms. The van der Waals surface area contributed by atoms with Gasteiger partial charge in [-0.05, 0) is 76.9 Å². The number of rotatable bonds is 5. The quantitative estimate of drug-likeness (QED) is 0.185. The first-order valence-corrected chi connectivity index (χ1v) is 19.3. The van der Waals surface area contributed by atoms with E-state index in [1.807, 2.05) is 12.1 Å². The summed E-state index contributed by atoms with van der Waals surface area (Å²) in [6.07, 6.45) is -0.365. The molecule has 1 aliphatic heterocycles. The Labute approximate surface area is 327 Å². The van der Waals surface area contributed by atoms with Crippen molar-refractivity contribution in [3.8, 4) is 16.8 Å². The summed E-state index contributed by atoms with van der Waals surface area (Å²) in [7, 11) is 0. The lowest BCUT2D eigenvalue weighted by Crippen LogP contribution is -2.45. The van der Waals surface area contributed by atoms with Crippen LogP contribution in [0.5, 0.6) is 0 Å². The van der Waals surface area contributed by atoms with E-state index in [-0.39, 0.29) is 12.3 Å². The third-order valence-corrected chi connectivity index (χ3v) is 11.5. The Bertz CT molecular complexity index is 3320. The zero-order valence-corrected chi connectivity index (χ0v) is 30.7. The van der Waals surface area contributed by atoms with Crippen molar-refractivity contribution in [3.05, 3.63) is 199 Å². The summed E-state index contributed by atoms with van der Waals surface area (Å²) in [4.78, 5) is 5.20. The average Bonchev–Trinajstić information content (AvgIpc) is 3.95. The van der Waals surface area contributed by atoms with E-state index in [4.69, 9.17) is 13.8 Å². The van der Waals surface area contributed by atoms with Gasteiger partial charge in [0.2, 0.25) is 0 Å². The zero-order chi connectivity index (χ0) is 37.5. The number of amidine groups is 1. The number of hydrogen-bond acceptors (Lipinski definition) is 5. The van der Waals surface area contributed by atoms with Gasteiger partial charge in [-0.25, -0.2) is 4.99 Å². The standard InChI is InChI=1S/C51H34N4O2/c1-3-12-31(13-4-1)49-52-50(32-14-5-2-6-15-32)54-51(53-49)42-19-11-18-41-40-26-23-34(29-46(40)57-48(41)42)33-22-25-38-39-27-24-35(30-47(39)56-45(38)28-33)55-43-20-9-7-16-36(43)37-17-8-10-21-44(37)55/h1-30,49-50,52H,(H,53,54). The number of furan rings is 2. The first-order chi connectivity index (χ1) is 28.2. The maximum absolute atomic E-state index is 6.76. The van der Waals surface area contributed by atoms with Gasteiger partial charge in [-0.15, -0.1) is 0 Å². The summed E-state index contributed by atoms with van der Waals surface area (Å²) in [6.45, 7) is 0. The topological polar surface area (TPSA) is 67.6 Å². The molecule has 12 rings (SSSR count). The van der Waals surface area contributed by atoms with E-state index >= 15 is 0 Å². The van der Waals surface area contributed by atoms with Crippen molar-refractivity contribution in [1.29, 1.82) is 0 Å². The molecule has 3 aromatic heterocycles. The predicted molar refractivity (Wildman–Crippen MR) is 232 cm³/mol. The molecule has 0 aliphatic carbocycles. The fourth-order valence-electron chi connectivity index (χ4n) is 8.77. The van der Waals surface area contributed by atoms with Crippen LogP contribution in [-0.4, -0.2) is 10.4 Å². The van der Waals surface area contributed by atoms with Crippen LogP contribution in [0, 0.1) is 0 Å². The second kappa shape index (κ2) is 12.6. The molecule has 8 aromatic carbocycles. The lowest BCUT2D eigenvalue weighted by Gasteiger charge is -2.32. The average molecular weight is 735 g/mol. The van der Waals surface area contributed by atoms with Crippen LogP contribution >= 0.6 is 0 Å². The molecule has 0 spiro atoms. The number of nitrogens with one attached hydrogen (secondary N) is 2. The molecule has 0 saturated carbocycles. The van der Waals surface area contributed by atoms with Crippen molar-refractivity contribution in [1.82, 2.24) is 15.2 Å². The Morgan fingerprint density at radius 2 is 1.02 bits per heavy atom. The number of benzene rings is 8. The summed E-state index contributed by atoms with van der Waals surface area (Å²) in [6, 6.07) is 63.8. The number of fused-ring (bicyclic) bond motifs is 9. The van der Waals surface area contributed by atoms with E-state index in [1.54, 1.807) is 0 Å². The molecule has 0 saturated heterocycles. The molecular weight excluding hydrogens is 701 g/mol. The molecule has 1 aliphatic rings. The third-order valence-electron chi connectivity index (χ3n) is 11.5. The lowest BCUT2D eigenvalue weighted by molar-refractivity contribution is 0.409. The number of aliphatic imine (C=N–C) groups is 1. The van der Waals surface area contributed by atoms with Crippen molar-refractivity contribution in [2.75, 3.05) is 0 Å². The lowest BCUT2D eigenvalue weighted by atomic mass is 10.0. The normalized spacial score (nSPS) is 15.9. The third kappa shape index (κ3) is 5.12. The smallest absolute Gasteiger partial charge is 0.146 e. The van der Waals surface area contributed by atoms with Gasteiger partial charge in [0.05, 0.1) is 16.6 Å². The molecule has 0 bridgehead atoms. The summed E-state index contributed by atoms with van der Waals surface area (Å²) in [5.41, 5.74) is 12.1. The second-order valence-corrected chi connectivity index (χ2v) is 14.8. The van der Waals surface area contributed by atoms with Gasteiger partial charge in [-0.1, -0.05) is 121 Å². The molecule has 2 unspecified atom stereocenters. The molecular formula is C51H34N4O2. The van der Waals surface area contributed by atoms with Gasteiger partial charge in [0.1, 0.15) is 40.5 Å².